The molecule has 0 fully saturated rings. The lowest BCUT2D eigenvalue weighted by molar-refractivity contribution is -0.142. The highest BCUT2D eigenvalue weighted by atomic mass is 35.5. The molecule has 0 heterocycles. The molecular weight excluding hydrogens is 286 g/mol. The first-order chi connectivity index (χ1) is 9.31. The number of hydrogen-bond donors (Lipinski definition) is 1. The first kappa shape index (κ1) is 15.7. The summed E-state index contributed by atoms with van der Waals surface area (Å²) >= 11 is 5.69. The van der Waals surface area contributed by atoms with E-state index in [0.717, 1.165) is 0 Å². The second kappa shape index (κ2) is 6.72. The predicted molar refractivity (Wildman–Crippen MR) is 69.2 cm³/mol. The number of primary amides is 1. The minimum Gasteiger partial charge on any atom is -0.363 e. The van der Waals surface area contributed by atoms with Crippen LogP contribution in [0.3, 0.4) is 0 Å². The van der Waals surface area contributed by atoms with Gasteiger partial charge in [-0.3, -0.25) is 24.0 Å². The predicted octanol–water partition coefficient (Wildman–Crippen LogP) is 0.496. The SMILES string of the molecule is NC(=O)C(=O)CC(=O)C(=O)CC(=O)c1cccc(Cl)c1. The van der Waals surface area contributed by atoms with E-state index < -0.39 is 41.9 Å². The van der Waals surface area contributed by atoms with Gasteiger partial charge in [0.05, 0.1) is 12.8 Å². The fraction of sp³-hybridized carbons (Fsp3) is 0.154. The Balaban J connectivity index is 2.66. The average Bonchev–Trinajstić information content (AvgIpc) is 2.38. The summed E-state index contributed by atoms with van der Waals surface area (Å²) in [5, 5.41) is 0.318. The summed E-state index contributed by atoms with van der Waals surface area (Å²) in [7, 11) is 0. The van der Waals surface area contributed by atoms with Crippen molar-refractivity contribution >= 4 is 40.6 Å². The van der Waals surface area contributed by atoms with Gasteiger partial charge >= 0.3 is 0 Å². The smallest absolute Gasteiger partial charge is 0.285 e. The van der Waals surface area contributed by atoms with Crippen molar-refractivity contribution in [2.45, 2.75) is 12.8 Å². The van der Waals surface area contributed by atoms with Crippen molar-refractivity contribution in [3.63, 3.8) is 0 Å². The molecule has 0 aliphatic heterocycles. The molecule has 0 saturated heterocycles. The third-order valence-electron chi connectivity index (χ3n) is 2.37. The second-order valence-electron chi connectivity index (χ2n) is 3.92. The van der Waals surface area contributed by atoms with Crippen LogP contribution < -0.4 is 5.73 Å². The summed E-state index contributed by atoms with van der Waals surface area (Å²) in [6.07, 6.45) is -1.61. The molecule has 1 aromatic carbocycles. The Morgan fingerprint density at radius 1 is 0.950 bits per heavy atom. The van der Waals surface area contributed by atoms with Crippen LogP contribution in [0, 0.1) is 0 Å². The highest BCUT2D eigenvalue weighted by molar-refractivity contribution is 6.49. The lowest BCUT2D eigenvalue weighted by Crippen LogP contribution is -2.28. The number of carbonyl (C=O) groups excluding carboxylic acids is 5. The monoisotopic (exact) mass is 295 g/mol. The molecule has 0 radical (unpaired) electrons. The van der Waals surface area contributed by atoms with Crippen LogP contribution in [0.15, 0.2) is 24.3 Å². The number of halogens is 1. The van der Waals surface area contributed by atoms with Gasteiger partial charge in [-0.1, -0.05) is 23.7 Å². The van der Waals surface area contributed by atoms with E-state index in [1.165, 1.54) is 18.2 Å². The first-order valence-electron chi connectivity index (χ1n) is 5.48. The molecule has 1 amide bonds. The van der Waals surface area contributed by atoms with E-state index in [-0.39, 0.29) is 5.56 Å². The summed E-state index contributed by atoms with van der Waals surface area (Å²) < 4.78 is 0. The van der Waals surface area contributed by atoms with E-state index >= 15 is 0 Å². The molecule has 0 bridgehead atoms. The molecule has 0 atom stereocenters. The number of rotatable bonds is 7. The van der Waals surface area contributed by atoms with Crippen LogP contribution in [0.5, 0.6) is 0 Å². The Bertz CT molecular complexity index is 609. The fourth-order valence-corrected chi connectivity index (χ4v) is 1.53. The summed E-state index contributed by atoms with van der Waals surface area (Å²) in [4.78, 5) is 55.9. The zero-order valence-electron chi connectivity index (χ0n) is 10.2. The average molecular weight is 296 g/mol. The lowest BCUT2D eigenvalue weighted by Gasteiger charge is -2.00. The minimum absolute atomic E-state index is 0.180. The Morgan fingerprint density at radius 2 is 1.55 bits per heavy atom. The molecule has 104 valence electrons. The van der Waals surface area contributed by atoms with E-state index in [1.54, 1.807) is 6.07 Å². The maximum absolute atomic E-state index is 11.7. The van der Waals surface area contributed by atoms with Gasteiger partial charge in [-0.2, -0.15) is 0 Å². The van der Waals surface area contributed by atoms with Crippen LogP contribution >= 0.6 is 11.6 Å². The van der Waals surface area contributed by atoms with Gasteiger partial charge in [-0.25, -0.2) is 0 Å². The number of amides is 1. The van der Waals surface area contributed by atoms with Crippen molar-refractivity contribution in [2.24, 2.45) is 5.73 Å². The summed E-state index contributed by atoms with van der Waals surface area (Å²) in [6.45, 7) is 0. The van der Waals surface area contributed by atoms with Gasteiger partial charge in [0.1, 0.15) is 0 Å². The molecule has 0 saturated carbocycles. The Labute approximate surface area is 118 Å². The third kappa shape index (κ3) is 4.40. The molecular formula is C13H10ClNO5. The zero-order valence-corrected chi connectivity index (χ0v) is 11.0. The molecule has 0 unspecified atom stereocenters. The highest BCUT2D eigenvalue weighted by Crippen LogP contribution is 2.12. The fourth-order valence-electron chi connectivity index (χ4n) is 1.34. The molecule has 1 aromatic rings. The van der Waals surface area contributed by atoms with Crippen LogP contribution in [0.4, 0.5) is 0 Å². The Kier molecular flexibility index (Phi) is 5.28. The van der Waals surface area contributed by atoms with E-state index in [1.807, 2.05) is 0 Å². The molecule has 0 aromatic heterocycles. The van der Waals surface area contributed by atoms with Crippen molar-refractivity contribution in [3.05, 3.63) is 34.9 Å². The number of hydrogen-bond acceptors (Lipinski definition) is 5. The molecule has 0 aliphatic rings. The lowest BCUT2D eigenvalue weighted by atomic mass is 10.0. The second-order valence-corrected chi connectivity index (χ2v) is 4.36. The summed E-state index contributed by atoms with van der Waals surface area (Å²) in [6, 6.07) is 5.88. The van der Waals surface area contributed by atoms with Gasteiger partial charge < -0.3 is 5.73 Å². The van der Waals surface area contributed by atoms with E-state index in [4.69, 9.17) is 11.6 Å². The van der Waals surface area contributed by atoms with Crippen LogP contribution in [0.2, 0.25) is 5.02 Å². The van der Waals surface area contributed by atoms with E-state index in [0.29, 0.717) is 5.02 Å². The van der Waals surface area contributed by atoms with Gasteiger partial charge in [-0.05, 0) is 12.1 Å². The van der Waals surface area contributed by atoms with Crippen molar-refractivity contribution in [3.8, 4) is 0 Å². The highest BCUT2D eigenvalue weighted by Gasteiger charge is 2.23. The van der Waals surface area contributed by atoms with Crippen molar-refractivity contribution < 1.29 is 24.0 Å². The van der Waals surface area contributed by atoms with Crippen molar-refractivity contribution in [1.29, 1.82) is 0 Å². The van der Waals surface area contributed by atoms with Gasteiger partial charge in [-0.15, -0.1) is 0 Å². The Hall–Kier alpha value is -2.34. The minimum atomic E-state index is -1.30. The molecule has 0 aliphatic carbocycles. The van der Waals surface area contributed by atoms with E-state index in [9.17, 15) is 24.0 Å². The maximum atomic E-state index is 11.7. The number of Topliss-reactive ketones (excluding diaryl/α,β-unsaturated/α-hetero) is 4. The number of ketones is 4. The maximum Gasteiger partial charge on any atom is 0.285 e. The number of nitrogens with two attached hydrogens (primary N) is 1. The first-order valence-corrected chi connectivity index (χ1v) is 5.86. The summed E-state index contributed by atoms with van der Waals surface area (Å²) in [5.74, 6) is -5.24. The molecule has 20 heavy (non-hydrogen) atoms. The standard InChI is InChI=1S/C13H10ClNO5/c14-8-3-1-2-7(4-8)9(16)5-10(17)11(18)6-12(19)13(15)20/h1-4H,5-6H2,(H2,15,20). The number of benzene rings is 1. The number of carbonyl (C=O) groups is 5. The van der Waals surface area contributed by atoms with Crippen molar-refractivity contribution in [1.82, 2.24) is 0 Å². The van der Waals surface area contributed by atoms with Crippen LogP contribution in [-0.2, 0) is 19.2 Å². The molecule has 6 nitrogen and oxygen atoms in total. The molecule has 1 rings (SSSR count). The quantitative estimate of drug-likeness (QED) is 0.447. The Morgan fingerprint density at radius 3 is 2.10 bits per heavy atom. The van der Waals surface area contributed by atoms with Gasteiger partial charge in [0.2, 0.25) is 17.3 Å². The van der Waals surface area contributed by atoms with Crippen LogP contribution in [-0.4, -0.2) is 29.0 Å². The normalized spacial score (nSPS) is 9.85. The van der Waals surface area contributed by atoms with Crippen LogP contribution in [0.25, 0.3) is 0 Å². The van der Waals surface area contributed by atoms with Crippen molar-refractivity contribution in [2.75, 3.05) is 0 Å². The largest absolute Gasteiger partial charge is 0.363 e. The van der Waals surface area contributed by atoms with E-state index in [2.05, 4.69) is 5.73 Å². The molecule has 7 heteroatoms. The molecule has 2 N–H and O–H groups in total. The molecule has 0 spiro atoms. The topological polar surface area (TPSA) is 111 Å². The zero-order chi connectivity index (χ0) is 15.3. The van der Waals surface area contributed by atoms with Gasteiger partial charge in [0.15, 0.2) is 5.78 Å². The van der Waals surface area contributed by atoms with Crippen LogP contribution in [0.1, 0.15) is 23.2 Å². The summed E-state index contributed by atoms with van der Waals surface area (Å²) in [5.41, 5.74) is 4.84. The van der Waals surface area contributed by atoms with Gasteiger partial charge in [0.25, 0.3) is 5.91 Å². The van der Waals surface area contributed by atoms with Gasteiger partial charge in [0, 0.05) is 10.6 Å². The third-order valence-corrected chi connectivity index (χ3v) is 2.61.